The van der Waals surface area contributed by atoms with Gasteiger partial charge in [0.1, 0.15) is 0 Å². The SMILES string of the molecule is CC(C)c1ccc(CN2CCC(n3cc(C(=O)N4CCOCC4)nn3)CC2)cc1. The third kappa shape index (κ3) is 4.85. The van der Waals surface area contributed by atoms with E-state index in [1.54, 1.807) is 4.90 Å². The van der Waals surface area contributed by atoms with Crippen LogP contribution in [0.1, 0.15) is 60.3 Å². The number of aromatic nitrogens is 3. The molecule has 7 nitrogen and oxygen atoms in total. The average molecular weight is 398 g/mol. The molecule has 0 saturated carbocycles. The molecule has 2 aromatic rings. The van der Waals surface area contributed by atoms with E-state index in [1.807, 2.05) is 10.9 Å². The van der Waals surface area contributed by atoms with E-state index in [2.05, 4.69) is 53.3 Å². The van der Waals surface area contributed by atoms with Crippen LogP contribution in [0.4, 0.5) is 0 Å². The lowest BCUT2D eigenvalue weighted by atomic mass is 10.0. The minimum Gasteiger partial charge on any atom is -0.378 e. The predicted octanol–water partition coefficient (Wildman–Crippen LogP) is 2.71. The molecule has 4 rings (SSSR count). The van der Waals surface area contributed by atoms with Crippen LogP contribution in [0.5, 0.6) is 0 Å². The lowest BCUT2D eigenvalue weighted by Crippen LogP contribution is -2.40. The molecule has 0 atom stereocenters. The van der Waals surface area contributed by atoms with Gasteiger partial charge < -0.3 is 9.64 Å². The van der Waals surface area contributed by atoms with Gasteiger partial charge in [0.2, 0.25) is 0 Å². The van der Waals surface area contributed by atoms with Gasteiger partial charge in [0.15, 0.2) is 5.69 Å². The van der Waals surface area contributed by atoms with E-state index in [4.69, 9.17) is 4.74 Å². The number of amides is 1. The maximum atomic E-state index is 12.6. The van der Waals surface area contributed by atoms with Gasteiger partial charge in [0.05, 0.1) is 25.5 Å². The summed E-state index contributed by atoms with van der Waals surface area (Å²) in [7, 11) is 0. The Hall–Kier alpha value is -2.25. The first kappa shape index (κ1) is 20.0. The van der Waals surface area contributed by atoms with Crippen molar-refractivity contribution in [3.8, 4) is 0 Å². The highest BCUT2D eigenvalue weighted by Crippen LogP contribution is 2.24. The van der Waals surface area contributed by atoms with Crippen LogP contribution in [0.25, 0.3) is 0 Å². The molecule has 0 aliphatic carbocycles. The topological polar surface area (TPSA) is 63.5 Å². The van der Waals surface area contributed by atoms with E-state index in [1.165, 1.54) is 11.1 Å². The molecule has 7 heteroatoms. The molecule has 1 aromatic carbocycles. The summed E-state index contributed by atoms with van der Waals surface area (Å²) in [4.78, 5) is 16.9. The van der Waals surface area contributed by atoms with Crippen molar-refractivity contribution in [2.24, 2.45) is 0 Å². The zero-order chi connectivity index (χ0) is 20.2. The molecule has 2 aliphatic heterocycles. The van der Waals surface area contributed by atoms with Gasteiger partial charge >= 0.3 is 0 Å². The third-order valence-corrected chi connectivity index (χ3v) is 6.01. The second-order valence-corrected chi connectivity index (χ2v) is 8.39. The summed E-state index contributed by atoms with van der Waals surface area (Å²) in [5, 5.41) is 8.40. The molecule has 2 saturated heterocycles. The second kappa shape index (κ2) is 9.05. The minimum atomic E-state index is -0.0400. The van der Waals surface area contributed by atoms with Gasteiger partial charge in [-0.3, -0.25) is 9.69 Å². The van der Waals surface area contributed by atoms with Crippen molar-refractivity contribution in [1.29, 1.82) is 0 Å². The standard InChI is InChI=1S/C22H31N5O2/c1-17(2)19-5-3-18(4-6-19)15-25-9-7-20(8-10-25)27-16-21(23-24-27)22(28)26-11-13-29-14-12-26/h3-6,16-17,20H,7-15H2,1-2H3. The van der Waals surface area contributed by atoms with Gasteiger partial charge in [-0.05, 0) is 29.9 Å². The Balaban J connectivity index is 1.29. The molecule has 0 unspecified atom stereocenters. The summed E-state index contributed by atoms with van der Waals surface area (Å²) in [5.41, 5.74) is 3.20. The Morgan fingerprint density at radius 3 is 2.45 bits per heavy atom. The maximum absolute atomic E-state index is 12.6. The number of hydrogen-bond acceptors (Lipinski definition) is 5. The number of hydrogen-bond donors (Lipinski definition) is 0. The fraction of sp³-hybridized carbons (Fsp3) is 0.591. The molecule has 29 heavy (non-hydrogen) atoms. The highest BCUT2D eigenvalue weighted by Gasteiger charge is 2.25. The third-order valence-electron chi connectivity index (χ3n) is 6.01. The Labute approximate surface area is 172 Å². The molecule has 0 radical (unpaired) electrons. The van der Waals surface area contributed by atoms with Crippen molar-refractivity contribution < 1.29 is 9.53 Å². The average Bonchev–Trinajstić information content (AvgIpc) is 3.25. The minimum absolute atomic E-state index is 0.0400. The number of morpholine rings is 1. The van der Waals surface area contributed by atoms with Crippen molar-refractivity contribution in [3.05, 3.63) is 47.3 Å². The number of carbonyl (C=O) groups excluding carboxylic acids is 1. The molecule has 1 aromatic heterocycles. The fourth-order valence-corrected chi connectivity index (χ4v) is 4.09. The zero-order valence-corrected chi connectivity index (χ0v) is 17.5. The molecular formula is C22H31N5O2. The van der Waals surface area contributed by atoms with Crippen molar-refractivity contribution in [1.82, 2.24) is 24.8 Å². The molecule has 0 bridgehead atoms. The van der Waals surface area contributed by atoms with E-state index in [0.717, 1.165) is 32.5 Å². The number of benzene rings is 1. The molecule has 0 N–H and O–H groups in total. The van der Waals surface area contributed by atoms with Gasteiger partial charge in [-0.15, -0.1) is 5.10 Å². The largest absolute Gasteiger partial charge is 0.378 e. The van der Waals surface area contributed by atoms with Crippen LogP contribution in [-0.2, 0) is 11.3 Å². The van der Waals surface area contributed by atoms with Crippen LogP contribution in [0.3, 0.4) is 0 Å². The zero-order valence-electron chi connectivity index (χ0n) is 17.5. The van der Waals surface area contributed by atoms with Crippen molar-refractivity contribution in [2.45, 2.75) is 45.2 Å². The summed E-state index contributed by atoms with van der Waals surface area (Å²) in [6.45, 7) is 9.95. The lowest BCUT2D eigenvalue weighted by Gasteiger charge is -2.31. The second-order valence-electron chi connectivity index (χ2n) is 8.39. The predicted molar refractivity (Wildman–Crippen MR) is 111 cm³/mol. The lowest BCUT2D eigenvalue weighted by molar-refractivity contribution is 0.0299. The van der Waals surface area contributed by atoms with Crippen LogP contribution >= 0.6 is 0 Å². The van der Waals surface area contributed by atoms with E-state index in [-0.39, 0.29) is 5.91 Å². The van der Waals surface area contributed by atoms with Crippen molar-refractivity contribution in [3.63, 3.8) is 0 Å². The summed E-state index contributed by atoms with van der Waals surface area (Å²) in [6.07, 6.45) is 3.88. The first-order valence-corrected chi connectivity index (χ1v) is 10.7. The van der Waals surface area contributed by atoms with Gasteiger partial charge in [0, 0.05) is 32.7 Å². The first-order chi connectivity index (χ1) is 14.1. The van der Waals surface area contributed by atoms with Gasteiger partial charge in [0.25, 0.3) is 5.91 Å². The normalized spacial score (nSPS) is 19.1. The van der Waals surface area contributed by atoms with E-state index in [9.17, 15) is 4.79 Å². The van der Waals surface area contributed by atoms with Crippen molar-refractivity contribution in [2.75, 3.05) is 39.4 Å². The number of likely N-dealkylation sites (tertiary alicyclic amines) is 1. The Morgan fingerprint density at radius 2 is 1.79 bits per heavy atom. The van der Waals surface area contributed by atoms with Crippen molar-refractivity contribution >= 4 is 5.91 Å². The molecule has 156 valence electrons. The smallest absolute Gasteiger partial charge is 0.276 e. The van der Waals surface area contributed by atoms with Crippen LogP contribution in [0.15, 0.2) is 30.5 Å². The summed E-state index contributed by atoms with van der Waals surface area (Å²) in [6, 6.07) is 9.31. The Morgan fingerprint density at radius 1 is 1.10 bits per heavy atom. The van der Waals surface area contributed by atoms with Crippen LogP contribution in [0.2, 0.25) is 0 Å². The number of piperidine rings is 1. The van der Waals surface area contributed by atoms with E-state index < -0.39 is 0 Å². The number of rotatable bonds is 5. The Kier molecular flexibility index (Phi) is 6.25. The number of carbonyl (C=O) groups is 1. The van der Waals surface area contributed by atoms with Crippen LogP contribution < -0.4 is 0 Å². The number of nitrogens with zero attached hydrogens (tertiary/aromatic N) is 5. The Bertz CT molecular complexity index is 803. The van der Waals surface area contributed by atoms with Crippen LogP contribution in [0, 0.1) is 0 Å². The van der Waals surface area contributed by atoms with E-state index in [0.29, 0.717) is 44.0 Å². The molecular weight excluding hydrogens is 366 g/mol. The van der Waals surface area contributed by atoms with Gasteiger partial charge in [-0.25, -0.2) is 4.68 Å². The molecule has 1 amide bonds. The maximum Gasteiger partial charge on any atom is 0.276 e. The highest BCUT2D eigenvalue weighted by molar-refractivity contribution is 5.92. The van der Waals surface area contributed by atoms with Crippen LogP contribution in [-0.4, -0.2) is 70.1 Å². The quantitative estimate of drug-likeness (QED) is 0.776. The van der Waals surface area contributed by atoms with Gasteiger partial charge in [-0.2, -0.15) is 0 Å². The fourth-order valence-electron chi connectivity index (χ4n) is 4.09. The summed E-state index contributed by atoms with van der Waals surface area (Å²) in [5.74, 6) is 0.532. The molecule has 3 heterocycles. The summed E-state index contributed by atoms with van der Waals surface area (Å²) >= 11 is 0. The molecule has 0 spiro atoms. The monoisotopic (exact) mass is 397 g/mol. The first-order valence-electron chi connectivity index (χ1n) is 10.7. The van der Waals surface area contributed by atoms with E-state index >= 15 is 0 Å². The highest BCUT2D eigenvalue weighted by atomic mass is 16.5. The summed E-state index contributed by atoms with van der Waals surface area (Å²) < 4.78 is 7.21. The molecule has 2 aliphatic rings. The molecule has 2 fully saturated rings. The number of ether oxygens (including phenoxy) is 1. The van der Waals surface area contributed by atoms with Gasteiger partial charge in [-0.1, -0.05) is 43.3 Å².